The fraction of sp³-hybridized carbons (Fsp3) is 0.688. The molecule has 1 rings (SSSR count). The molecule has 0 spiro atoms. The molecule has 0 saturated heterocycles. The van der Waals surface area contributed by atoms with Gasteiger partial charge in [-0.3, -0.25) is 4.98 Å². The van der Waals surface area contributed by atoms with Crippen LogP contribution in [0.5, 0.6) is 0 Å². The van der Waals surface area contributed by atoms with Crippen molar-refractivity contribution in [1.82, 2.24) is 4.98 Å². The zero-order chi connectivity index (χ0) is 15.6. The number of nitrogens with zero attached hydrogens (tertiary/aromatic N) is 1. The second-order valence-corrected chi connectivity index (χ2v) is 12.1. The van der Waals surface area contributed by atoms with E-state index >= 15 is 0 Å². The van der Waals surface area contributed by atoms with Crippen molar-refractivity contribution in [3.63, 3.8) is 0 Å². The highest BCUT2D eigenvalue weighted by molar-refractivity contribution is 6.74. The van der Waals surface area contributed by atoms with Crippen LogP contribution in [0.3, 0.4) is 0 Å². The Labute approximate surface area is 125 Å². The fourth-order valence-electron chi connectivity index (χ4n) is 1.84. The molecule has 2 N–H and O–H groups in total. The van der Waals surface area contributed by atoms with Gasteiger partial charge in [0.15, 0.2) is 8.32 Å². The lowest BCUT2D eigenvalue weighted by Crippen LogP contribution is -2.41. The van der Waals surface area contributed by atoms with E-state index < -0.39 is 8.32 Å². The highest BCUT2D eigenvalue weighted by Crippen LogP contribution is 2.36. The molecule has 0 amide bonds. The van der Waals surface area contributed by atoms with Gasteiger partial charge in [0.2, 0.25) is 0 Å². The molecule has 1 aromatic heterocycles. The molecular weight excluding hydrogens is 264 g/mol. The molecule has 0 aromatic carbocycles. The zero-order valence-electron chi connectivity index (χ0n) is 14.1. The van der Waals surface area contributed by atoms with Crippen LogP contribution in [0.25, 0.3) is 0 Å². The Morgan fingerprint density at radius 1 is 1.30 bits per heavy atom. The first-order valence-electron chi connectivity index (χ1n) is 7.43. The molecule has 0 unspecified atom stereocenters. The van der Waals surface area contributed by atoms with Gasteiger partial charge in [-0.2, -0.15) is 0 Å². The van der Waals surface area contributed by atoms with Gasteiger partial charge < -0.3 is 10.2 Å². The van der Waals surface area contributed by atoms with Gasteiger partial charge in [-0.25, -0.2) is 0 Å². The van der Waals surface area contributed by atoms with Crippen LogP contribution in [0.15, 0.2) is 12.3 Å². The van der Waals surface area contributed by atoms with Crippen LogP contribution < -0.4 is 5.73 Å². The van der Waals surface area contributed by atoms with Crippen LogP contribution in [-0.4, -0.2) is 19.9 Å². The molecule has 3 nitrogen and oxygen atoms in total. The summed E-state index contributed by atoms with van der Waals surface area (Å²) >= 11 is 0. The minimum absolute atomic E-state index is 0.250. The number of nitrogen functional groups attached to an aromatic ring is 1. The summed E-state index contributed by atoms with van der Waals surface area (Å²) in [6.07, 6.45) is 2.72. The molecule has 0 atom stereocenters. The van der Waals surface area contributed by atoms with E-state index in [1.807, 2.05) is 12.3 Å². The van der Waals surface area contributed by atoms with Gasteiger partial charge in [-0.1, -0.05) is 34.6 Å². The molecule has 20 heavy (non-hydrogen) atoms. The molecule has 0 fully saturated rings. The molecule has 0 bridgehead atoms. The minimum atomic E-state index is -1.67. The monoisotopic (exact) mass is 294 g/mol. The number of rotatable bonds is 5. The van der Waals surface area contributed by atoms with Crippen molar-refractivity contribution in [2.45, 2.75) is 65.1 Å². The summed E-state index contributed by atoms with van der Waals surface area (Å²) in [7, 11) is -1.67. The predicted molar refractivity (Wildman–Crippen MR) is 89.6 cm³/mol. The van der Waals surface area contributed by atoms with Crippen molar-refractivity contribution in [3.8, 4) is 0 Å². The third-order valence-electron chi connectivity index (χ3n) is 4.30. The van der Waals surface area contributed by atoms with E-state index in [2.05, 4.69) is 52.7 Å². The van der Waals surface area contributed by atoms with Crippen LogP contribution in [0, 0.1) is 0 Å². The Morgan fingerprint density at radius 3 is 2.40 bits per heavy atom. The molecular formula is C16H30N2OSi. The van der Waals surface area contributed by atoms with Crippen molar-refractivity contribution < 1.29 is 4.43 Å². The summed E-state index contributed by atoms with van der Waals surface area (Å²) in [6, 6.07) is 2.01. The van der Waals surface area contributed by atoms with Crippen molar-refractivity contribution in [2.24, 2.45) is 0 Å². The maximum Gasteiger partial charge on any atom is 0.191 e. The molecule has 0 aliphatic heterocycles. The quantitative estimate of drug-likeness (QED) is 0.821. The van der Waals surface area contributed by atoms with Gasteiger partial charge in [0, 0.05) is 12.8 Å². The first kappa shape index (κ1) is 17.2. The highest BCUT2D eigenvalue weighted by Gasteiger charge is 2.36. The van der Waals surface area contributed by atoms with Crippen LogP contribution in [0.2, 0.25) is 18.1 Å². The normalized spacial score (nSPS) is 13.0. The lowest BCUT2D eigenvalue weighted by atomic mass is 10.0. The van der Waals surface area contributed by atoms with E-state index in [1.165, 1.54) is 0 Å². The highest BCUT2D eigenvalue weighted by atomic mass is 28.4. The third-order valence-corrected chi connectivity index (χ3v) is 8.84. The molecule has 0 aliphatic rings. The first-order chi connectivity index (χ1) is 9.06. The van der Waals surface area contributed by atoms with E-state index in [9.17, 15) is 0 Å². The summed E-state index contributed by atoms with van der Waals surface area (Å²) in [5.41, 5.74) is 9.20. The summed E-state index contributed by atoms with van der Waals surface area (Å²) in [4.78, 5) is 4.38. The predicted octanol–water partition coefficient (Wildman–Crippen LogP) is 4.35. The lowest BCUT2D eigenvalue weighted by Gasteiger charge is -2.36. The SMILES string of the molecule is CC(C)c1nccc(CCO[Si](C)(C)C(C)(C)C)c1N. The van der Waals surface area contributed by atoms with Crippen molar-refractivity contribution in [1.29, 1.82) is 0 Å². The van der Waals surface area contributed by atoms with E-state index in [0.29, 0.717) is 5.92 Å². The van der Waals surface area contributed by atoms with Crippen molar-refractivity contribution in [3.05, 3.63) is 23.5 Å². The molecule has 0 aliphatic carbocycles. The largest absolute Gasteiger partial charge is 0.416 e. The smallest absolute Gasteiger partial charge is 0.191 e. The van der Waals surface area contributed by atoms with E-state index in [-0.39, 0.29) is 5.04 Å². The topological polar surface area (TPSA) is 48.1 Å². The average molecular weight is 295 g/mol. The maximum atomic E-state index is 6.22. The second-order valence-electron chi connectivity index (χ2n) is 7.28. The Bertz CT molecular complexity index is 450. The van der Waals surface area contributed by atoms with Crippen LogP contribution in [-0.2, 0) is 10.8 Å². The average Bonchev–Trinajstić information content (AvgIpc) is 2.29. The Balaban J connectivity index is 2.70. The number of pyridine rings is 1. The Kier molecular flexibility index (Phi) is 5.38. The fourth-order valence-corrected chi connectivity index (χ4v) is 2.89. The first-order valence-corrected chi connectivity index (χ1v) is 10.3. The molecule has 1 heterocycles. The Hall–Kier alpha value is -0.873. The van der Waals surface area contributed by atoms with Gasteiger partial charge in [0.25, 0.3) is 0 Å². The lowest BCUT2D eigenvalue weighted by molar-refractivity contribution is 0.292. The van der Waals surface area contributed by atoms with Crippen LogP contribution >= 0.6 is 0 Å². The summed E-state index contributed by atoms with van der Waals surface area (Å²) < 4.78 is 6.22. The van der Waals surface area contributed by atoms with Gasteiger partial charge in [0.05, 0.1) is 11.4 Å². The van der Waals surface area contributed by atoms with Crippen LogP contribution in [0.1, 0.15) is 51.8 Å². The van der Waals surface area contributed by atoms with Crippen molar-refractivity contribution in [2.75, 3.05) is 12.3 Å². The number of hydrogen-bond acceptors (Lipinski definition) is 3. The van der Waals surface area contributed by atoms with Gasteiger partial charge in [0.1, 0.15) is 0 Å². The number of hydrogen-bond donors (Lipinski definition) is 1. The number of aromatic nitrogens is 1. The van der Waals surface area contributed by atoms with Gasteiger partial charge in [-0.05, 0) is 42.1 Å². The molecule has 0 radical (unpaired) electrons. The second kappa shape index (κ2) is 6.27. The number of nitrogens with two attached hydrogens (primary N) is 1. The Morgan fingerprint density at radius 2 is 1.90 bits per heavy atom. The van der Waals surface area contributed by atoms with E-state index in [1.54, 1.807) is 0 Å². The van der Waals surface area contributed by atoms with Crippen molar-refractivity contribution >= 4 is 14.0 Å². The van der Waals surface area contributed by atoms with Crippen LogP contribution in [0.4, 0.5) is 5.69 Å². The molecule has 114 valence electrons. The molecule has 1 aromatic rings. The maximum absolute atomic E-state index is 6.22. The number of anilines is 1. The molecule has 4 heteroatoms. The molecule has 0 saturated carbocycles. The van der Waals surface area contributed by atoms with Gasteiger partial charge >= 0.3 is 0 Å². The summed E-state index contributed by atoms with van der Waals surface area (Å²) in [5.74, 6) is 0.358. The summed E-state index contributed by atoms with van der Waals surface area (Å²) in [5, 5.41) is 0.250. The van der Waals surface area contributed by atoms with Gasteiger partial charge in [-0.15, -0.1) is 0 Å². The minimum Gasteiger partial charge on any atom is -0.416 e. The third kappa shape index (κ3) is 4.06. The van der Waals surface area contributed by atoms with E-state index in [0.717, 1.165) is 30.0 Å². The zero-order valence-corrected chi connectivity index (χ0v) is 15.1. The summed E-state index contributed by atoms with van der Waals surface area (Å²) in [6.45, 7) is 16.3. The van der Waals surface area contributed by atoms with E-state index in [4.69, 9.17) is 10.2 Å². The standard InChI is InChI=1S/C16H30N2OSi/c1-12(2)15-14(17)13(8-10-18-15)9-11-19-20(6,7)16(3,4)5/h8,10,12H,9,11,17H2,1-7H3.